The highest BCUT2D eigenvalue weighted by Crippen LogP contribution is 2.69. The van der Waals surface area contributed by atoms with E-state index in [1.54, 1.807) is 0 Å². The predicted molar refractivity (Wildman–Crippen MR) is 28.8 cm³/mol. The van der Waals surface area contributed by atoms with E-state index in [1.165, 1.54) is 12.8 Å². The van der Waals surface area contributed by atoms with Crippen LogP contribution in [0.5, 0.6) is 0 Å². The highest BCUT2D eigenvalue weighted by molar-refractivity contribution is 5.19. The van der Waals surface area contributed by atoms with Crippen LogP contribution in [-0.2, 0) is 0 Å². The van der Waals surface area contributed by atoms with E-state index in [-0.39, 0.29) is 0 Å². The summed E-state index contributed by atoms with van der Waals surface area (Å²) < 4.78 is 0. The SMILES string of the molecule is CC1CC12CC2N. The molecular formula is C6H11N. The molecule has 40 valence electrons. The third-order valence-electron chi connectivity index (χ3n) is 2.69. The van der Waals surface area contributed by atoms with Gasteiger partial charge in [0.1, 0.15) is 0 Å². The predicted octanol–water partition coefficient (Wildman–Crippen LogP) is 0.744. The van der Waals surface area contributed by atoms with Gasteiger partial charge in [-0.15, -0.1) is 0 Å². The minimum Gasteiger partial charge on any atom is -0.327 e. The smallest absolute Gasteiger partial charge is 0.0105 e. The molecule has 0 bridgehead atoms. The topological polar surface area (TPSA) is 26.0 Å². The Morgan fingerprint density at radius 3 is 2.00 bits per heavy atom. The fourth-order valence-corrected chi connectivity index (χ4v) is 1.66. The number of nitrogens with two attached hydrogens (primary N) is 1. The van der Waals surface area contributed by atoms with Crippen LogP contribution in [0.1, 0.15) is 19.8 Å². The lowest BCUT2D eigenvalue weighted by molar-refractivity contribution is 0.732. The maximum absolute atomic E-state index is 5.65. The molecule has 2 aliphatic carbocycles. The summed E-state index contributed by atoms with van der Waals surface area (Å²) in [6.45, 7) is 2.30. The van der Waals surface area contributed by atoms with Crippen LogP contribution in [0.4, 0.5) is 0 Å². The summed E-state index contributed by atoms with van der Waals surface area (Å²) in [6.07, 6.45) is 2.72. The van der Waals surface area contributed by atoms with E-state index in [4.69, 9.17) is 5.73 Å². The Morgan fingerprint density at radius 1 is 1.57 bits per heavy atom. The zero-order valence-electron chi connectivity index (χ0n) is 4.65. The molecule has 2 saturated carbocycles. The van der Waals surface area contributed by atoms with Crippen LogP contribution in [0.15, 0.2) is 0 Å². The lowest BCUT2D eigenvalue weighted by Gasteiger charge is -1.79. The normalized spacial score (nSPS) is 66.0. The molecule has 0 radical (unpaired) electrons. The number of rotatable bonds is 0. The summed E-state index contributed by atoms with van der Waals surface area (Å²) in [4.78, 5) is 0. The van der Waals surface area contributed by atoms with Crippen molar-refractivity contribution in [2.24, 2.45) is 17.1 Å². The molecule has 2 rings (SSSR count). The van der Waals surface area contributed by atoms with E-state index < -0.39 is 0 Å². The van der Waals surface area contributed by atoms with Crippen molar-refractivity contribution in [3.05, 3.63) is 0 Å². The van der Waals surface area contributed by atoms with Crippen molar-refractivity contribution >= 4 is 0 Å². The zero-order chi connectivity index (χ0) is 5.07. The molecule has 7 heavy (non-hydrogen) atoms. The lowest BCUT2D eigenvalue weighted by atomic mass is 10.3. The zero-order valence-corrected chi connectivity index (χ0v) is 4.65. The van der Waals surface area contributed by atoms with Gasteiger partial charge >= 0.3 is 0 Å². The lowest BCUT2D eigenvalue weighted by Crippen LogP contribution is -2.02. The molecule has 0 aromatic heterocycles. The average Bonchev–Trinajstić information content (AvgIpc) is 2.28. The van der Waals surface area contributed by atoms with Gasteiger partial charge in [0.15, 0.2) is 0 Å². The Hall–Kier alpha value is -0.0400. The molecule has 1 heteroatoms. The van der Waals surface area contributed by atoms with Crippen molar-refractivity contribution in [2.45, 2.75) is 25.8 Å². The minimum atomic E-state index is 0.586. The first-order valence-electron chi connectivity index (χ1n) is 3.01. The van der Waals surface area contributed by atoms with Gasteiger partial charge in [-0.05, 0) is 24.2 Å². The average molecular weight is 97.2 g/mol. The first-order chi connectivity index (χ1) is 3.26. The molecule has 0 heterocycles. The van der Waals surface area contributed by atoms with Gasteiger partial charge in [0.05, 0.1) is 0 Å². The van der Waals surface area contributed by atoms with E-state index in [9.17, 15) is 0 Å². The first-order valence-corrected chi connectivity index (χ1v) is 3.01. The molecule has 2 N–H and O–H groups in total. The van der Waals surface area contributed by atoms with Crippen molar-refractivity contribution in [3.8, 4) is 0 Å². The van der Waals surface area contributed by atoms with E-state index in [0.717, 1.165) is 5.92 Å². The second kappa shape index (κ2) is 0.752. The van der Waals surface area contributed by atoms with Crippen LogP contribution >= 0.6 is 0 Å². The van der Waals surface area contributed by atoms with Gasteiger partial charge in [-0.2, -0.15) is 0 Å². The quantitative estimate of drug-likeness (QED) is 0.474. The molecular weight excluding hydrogens is 86.1 g/mol. The second-order valence-electron chi connectivity index (χ2n) is 3.15. The molecule has 3 unspecified atom stereocenters. The van der Waals surface area contributed by atoms with E-state index in [2.05, 4.69) is 6.92 Å². The summed E-state index contributed by atoms with van der Waals surface area (Å²) in [7, 11) is 0. The van der Waals surface area contributed by atoms with Crippen molar-refractivity contribution in [1.29, 1.82) is 0 Å². The molecule has 0 aliphatic heterocycles. The largest absolute Gasteiger partial charge is 0.327 e. The summed E-state index contributed by atoms with van der Waals surface area (Å²) in [6, 6.07) is 0.586. The fraction of sp³-hybridized carbons (Fsp3) is 1.00. The molecule has 2 fully saturated rings. The standard InChI is InChI=1S/C6H11N/c1-4-2-6(4)3-5(6)7/h4-5H,2-3,7H2,1H3. The van der Waals surface area contributed by atoms with E-state index >= 15 is 0 Å². The minimum absolute atomic E-state index is 0.586. The van der Waals surface area contributed by atoms with Gasteiger partial charge in [0, 0.05) is 6.04 Å². The van der Waals surface area contributed by atoms with Crippen LogP contribution < -0.4 is 5.73 Å². The summed E-state index contributed by atoms with van der Waals surface area (Å²) in [5.41, 5.74) is 6.35. The van der Waals surface area contributed by atoms with Crippen molar-refractivity contribution in [2.75, 3.05) is 0 Å². The number of hydrogen-bond donors (Lipinski definition) is 1. The van der Waals surface area contributed by atoms with Gasteiger partial charge in [-0.25, -0.2) is 0 Å². The fourth-order valence-electron chi connectivity index (χ4n) is 1.66. The van der Waals surface area contributed by atoms with Crippen LogP contribution in [0.3, 0.4) is 0 Å². The van der Waals surface area contributed by atoms with Gasteiger partial charge in [0.2, 0.25) is 0 Å². The highest BCUT2D eigenvalue weighted by Gasteiger charge is 2.66. The Balaban J connectivity index is 2.11. The van der Waals surface area contributed by atoms with Gasteiger partial charge < -0.3 is 5.73 Å². The van der Waals surface area contributed by atoms with Crippen molar-refractivity contribution in [3.63, 3.8) is 0 Å². The summed E-state index contributed by atoms with van der Waals surface area (Å²) in [5.74, 6) is 0.961. The Morgan fingerprint density at radius 2 is 2.00 bits per heavy atom. The van der Waals surface area contributed by atoms with Crippen LogP contribution in [-0.4, -0.2) is 6.04 Å². The van der Waals surface area contributed by atoms with E-state index in [0.29, 0.717) is 11.5 Å². The Labute approximate surface area is 43.9 Å². The Kier molecular flexibility index (Phi) is 0.419. The maximum atomic E-state index is 5.65. The van der Waals surface area contributed by atoms with Crippen molar-refractivity contribution in [1.82, 2.24) is 0 Å². The third kappa shape index (κ3) is 0.290. The maximum Gasteiger partial charge on any atom is 0.0105 e. The summed E-state index contributed by atoms with van der Waals surface area (Å²) in [5, 5.41) is 0. The number of hydrogen-bond acceptors (Lipinski definition) is 1. The van der Waals surface area contributed by atoms with Crippen LogP contribution in [0.25, 0.3) is 0 Å². The molecule has 3 atom stereocenters. The third-order valence-corrected chi connectivity index (χ3v) is 2.69. The van der Waals surface area contributed by atoms with Crippen LogP contribution in [0.2, 0.25) is 0 Å². The van der Waals surface area contributed by atoms with E-state index in [1.807, 2.05) is 0 Å². The molecule has 0 saturated heterocycles. The van der Waals surface area contributed by atoms with Gasteiger partial charge in [0.25, 0.3) is 0 Å². The van der Waals surface area contributed by atoms with Crippen LogP contribution in [0, 0.1) is 11.3 Å². The molecule has 1 spiro atoms. The molecule has 0 aromatic carbocycles. The molecule has 0 aromatic rings. The Bertz CT molecular complexity index is 94.7. The monoisotopic (exact) mass is 97.1 g/mol. The van der Waals surface area contributed by atoms with Gasteiger partial charge in [-0.1, -0.05) is 6.92 Å². The summed E-state index contributed by atoms with van der Waals surface area (Å²) >= 11 is 0. The van der Waals surface area contributed by atoms with Crippen molar-refractivity contribution < 1.29 is 0 Å². The highest BCUT2D eigenvalue weighted by atomic mass is 14.9. The van der Waals surface area contributed by atoms with Gasteiger partial charge in [-0.3, -0.25) is 0 Å². The molecule has 0 amide bonds. The molecule has 1 nitrogen and oxygen atoms in total. The molecule has 2 aliphatic rings. The first kappa shape index (κ1) is 3.90. The second-order valence-corrected chi connectivity index (χ2v) is 3.15.